The molecule has 1 aromatic heterocycles. The van der Waals surface area contributed by atoms with Crippen LogP contribution in [0.15, 0.2) is 41.3 Å². The number of carbonyl (C=O) groups excluding carboxylic acids is 1. The third-order valence-corrected chi connectivity index (χ3v) is 5.99. The number of nitrogens with two attached hydrogens (primary N) is 1. The van der Waals surface area contributed by atoms with Crippen molar-refractivity contribution in [3.63, 3.8) is 0 Å². The highest BCUT2D eigenvalue weighted by Crippen LogP contribution is 2.29. The van der Waals surface area contributed by atoms with Crippen molar-refractivity contribution in [2.45, 2.75) is 50.8 Å². The van der Waals surface area contributed by atoms with Gasteiger partial charge in [-0.2, -0.15) is 8.78 Å². The SMILES string of the molecule is CCCn1c(CCC(=O)NCc2ccc(OC(F)F)c(OC)c2)nc2cc(S(N)(=O)=O)ccc21. The van der Waals surface area contributed by atoms with Crippen LogP contribution in [0.3, 0.4) is 0 Å². The number of nitrogens with zero attached hydrogens (tertiary/aromatic N) is 2. The molecule has 0 bridgehead atoms. The number of nitrogens with one attached hydrogen (secondary N) is 1. The number of sulfonamides is 1. The Labute approximate surface area is 195 Å². The highest BCUT2D eigenvalue weighted by Gasteiger charge is 2.16. The average Bonchev–Trinajstić information content (AvgIpc) is 3.13. The van der Waals surface area contributed by atoms with E-state index in [1.807, 2.05) is 11.5 Å². The quantitative estimate of drug-likeness (QED) is 0.420. The van der Waals surface area contributed by atoms with Crippen molar-refractivity contribution >= 4 is 27.0 Å². The lowest BCUT2D eigenvalue weighted by Gasteiger charge is -2.12. The maximum absolute atomic E-state index is 12.5. The Hall–Kier alpha value is -3.25. The fourth-order valence-electron chi connectivity index (χ4n) is 3.53. The summed E-state index contributed by atoms with van der Waals surface area (Å²) >= 11 is 0. The van der Waals surface area contributed by atoms with Crippen LogP contribution in [0.1, 0.15) is 31.2 Å². The van der Waals surface area contributed by atoms with E-state index in [1.165, 1.54) is 31.4 Å². The van der Waals surface area contributed by atoms with Crippen LogP contribution < -0.4 is 19.9 Å². The van der Waals surface area contributed by atoms with Crippen molar-refractivity contribution in [2.75, 3.05) is 7.11 Å². The number of fused-ring (bicyclic) bond motifs is 1. The number of methoxy groups -OCH3 is 1. The largest absolute Gasteiger partial charge is 0.493 e. The second-order valence-electron chi connectivity index (χ2n) is 7.52. The molecule has 3 aromatic rings. The van der Waals surface area contributed by atoms with E-state index in [1.54, 1.807) is 12.1 Å². The summed E-state index contributed by atoms with van der Waals surface area (Å²) in [6, 6.07) is 8.96. The molecule has 0 spiro atoms. The standard InChI is InChI=1S/C22H26F2N4O5S/c1-3-10-28-17-6-5-15(34(25,30)31)12-16(17)27-20(28)8-9-21(29)26-13-14-4-7-18(33-22(23)24)19(11-14)32-2/h4-7,11-12,22H,3,8-10,13H2,1-2H3,(H,26,29)(H2,25,30,31). The minimum atomic E-state index is -3.85. The maximum Gasteiger partial charge on any atom is 0.387 e. The number of carbonyl (C=O) groups is 1. The first-order valence-electron chi connectivity index (χ1n) is 10.5. The highest BCUT2D eigenvalue weighted by molar-refractivity contribution is 7.89. The van der Waals surface area contributed by atoms with Gasteiger partial charge in [-0.25, -0.2) is 18.5 Å². The fraction of sp³-hybridized carbons (Fsp3) is 0.364. The molecule has 0 aliphatic rings. The number of amides is 1. The molecule has 9 nitrogen and oxygen atoms in total. The Morgan fingerprint density at radius 1 is 1.21 bits per heavy atom. The van der Waals surface area contributed by atoms with Gasteiger partial charge in [0, 0.05) is 25.9 Å². The van der Waals surface area contributed by atoms with Gasteiger partial charge in [-0.3, -0.25) is 4.79 Å². The van der Waals surface area contributed by atoms with Crippen molar-refractivity contribution in [3.8, 4) is 11.5 Å². The number of ether oxygens (including phenoxy) is 2. The van der Waals surface area contributed by atoms with E-state index < -0.39 is 16.6 Å². The molecule has 1 amide bonds. The molecule has 0 saturated heterocycles. The van der Waals surface area contributed by atoms with Gasteiger partial charge in [-0.05, 0) is 42.3 Å². The summed E-state index contributed by atoms with van der Waals surface area (Å²) in [5.74, 6) is 0.480. The van der Waals surface area contributed by atoms with Gasteiger partial charge in [0.2, 0.25) is 15.9 Å². The third kappa shape index (κ3) is 6.20. The maximum atomic E-state index is 12.5. The van der Waals surface area contributed by atoms with Crippen LogP contribution in [0.5, 0.6) is 11.5 Å². The van der Waals surface area contributed by atoms with Crippen LogP contribution in [-0.2, 0) is 34.3 Å². The molecule has 0 aliphatic carbocycles. The zero-order valence-electron chi connectivity index (χ0n) is 18.8. The van der Waals surface area contributed by atoms with Crippen LogP contribution in [0.25, 0.3) is 11.0 Å². The molecule has 0 fully saturated rings. The molecule has 0 aliphatic heterocycles. The predicted octanol–water partition coefficient (Wildman–Crippen LogP) is 2.95. The van der Waals surface area contributed by atoms with Gasteiger partial charge in [-0.1, -0.05) is 13.0 Å². The molecule has 12 heteroatoms. The Morgan fingerprint density at radius 2 is 1.97 bits per heavy atom. The molecule has 0 atom stereocenters. The van der Waals surface area contributed by atoms with Crippen molar-refractivity contribution < 1.29 is 31.5 Å². The number of alkyl halides is 2. The molecular formula is C22H26F2N4O5S. The Kier molecular flexibility index (Phi) is 8.05. The summed E-state index contributed by atoms with van der Waals surface area (Å²) in [6.45, 7) is -0.127. The van der Waals surface area contributed by atoms with Crippen LogP contribution in [0, 0.1) is 0 Å². The number of benzene rings is 2. The first-order valence-corrected chi connectivity index (χ1v) is 12.1. The first kappa shape index (κ1) is 25.4. The second-order valence-corrected chi connectivity index (χ2v) is 9.08. The minimum Gasteiger partial charge on any atom is -0.493 e. The van der Waals surface area contributed by atoms with Crippen molar-refractivity contribution in [1.82, 2.24) is 14.9 Å². The molecule has 2 aromatic carbocycles. The fourth-order valence-corrected chi connectivity index (χ4v) is 4.06. The highest BCUT2D eigenvalue weighted by atomic mass is 32.2. The van der Waals surface area contributed by atoms with Crippen molar-refractivity contribution in [3.05, 3.63) is 47.8 Å². The summed E-state index contributed by atoms with van der Waals surface area (Å²) in [5.41, 5.74) is 1.91. The van der Waals surface area contributed by atoms with Crippen molar-refractivity contribution in [2.24, 2.45) is 5.14 Å². The van der Waals surface area contributed by atoms with Gasteiger partial charge in [0.25, 0.3) is 0 Å². The molecule has 0 saturated carbocycles. The zero-order chi connectivity index (χ0) is 24.9. The molecule has 34 heavy (non-hydrogen) atoms. The second kappa shape index (κ2) is 10.8. The number of halogens is 2. The van der Waals surface area contributed by atoms with Gasteiger partial charge in [0.05, 0.1) is 23.0 Å². The minimum absolute atomic E-state index is 0.0224. The summed E-state index contributed by atoms with van der Waals surface area (Å²) in [6.07, 6.45) is 1.32. The van der Waals surface area contributed by atoms with Gasteiger partial charge >= 0.3 is 6.61 Å². The third-order valence-electron chi connectivity index (χ3n) is 5.08. The summed E-state index contributed by atoms with van der Waals surface area (Å²) in [4.78, 5) is 16.9. The van der Waals surface area contributed by atoms with E-state index in [4.69, 9.17) is 9.88 Å². The lowest BCUT2D eigenvalue weighted by Crippen LogP contribution is -2.23. The van der Waals surface area contributed by atoms with Gasteiger partial charge < -0.3 is 19.4 Å². The number of imidazole rings is 1. The van der Waals surface area contributed by atoms with E-state index in [9.17, 15) is 22.0 Å². The van der Waals surface area contributed by atoms with Crippen LogP contribution in [0.4, 0.5) is 8.78 Å². The Bertz CT molecular complexity index is 1280. The monoisotopic (exact) mass is 496 g/mol. The van der Waals surface area contributed by atoms with Gasteiger partial charge in [0.1, 0.15) is 5.82 Å². The van der Waals surface area contributed by atoms with E-state index >= 15 is 0 Å². The van der Waals surface area contributed by atoms with E-state index in [0.717, 1.165) is 11.9 Å². The number of hydrogen-bond acceptors (Lipinski definition) is 6. The molecule has 3 N–H and O–H groups in total. The first-order chi connectivity index (χ1) is 16.1. The topological polar surface area (TPSA) is 126 Å². The number of rotatable bonds is 11. The van der Waals surface area contributed by atoms with Crippen molar-refractivity contribution in [1.29, 1.82) is 0 Å². The summed E-state index contributed by atoms with van der Waals surface area (Å²) in [5, 5.41) is 7.99. The zero-order valence-corrected chi connectivity index (χ0v) is 19.6. The number of aryl methyl sites for hydroxylation is 2. The van der Waals surface area contributed by atoms with Crippen LogP contribution in [0.2, 0.25) is 0 Å². The average molecular weight is 497 g/mol. The molecule has 0 radical (unpaired) electrons. The smallest absolute Gasteiger partial charge is 0.387 e. The van der Waals surface area contributed by atoms with Crippen LogP contribution in [-0.4, -0.2) is 37.6 Å². The summed E-state index contributed by atoms with van der Waals surface area (Å²) in [7, 11) is -2.51. The summed E-state index contributed by atoms with van der Waals surface area (Å²) < 4.78 is 59.6. The Morgan fingerprint density at radius 3 is 2.62 bits per heavy atom. The lowest BCUT2D eigenvalue weighted by molar-refractivity contribution is -0.121. The molecule has 3 rings (SSSR count). The normalized spacial score (nSPS) is 11.7. The number of primary sulfonamides is 1. The predicted molar refractivity (Wildman–Crippen MR) is 121 cm³/mol. The lowest BCUT2D eigenvalue weighted by atomic mass is 10.2. The van der Waals surface area contributed by atoms with Gasteiger partial charge in [-0.15, -0.1) is 0 Å². The molecule has 0 unspecified atom stereocenters. The van der Waals surface area contributed by atoms with E-state index in [2.05, 4.69) is 15.0 Å². The Balaban J connectivity index is 1.67. The molecular weight excluding hydrogens is 470 g/mol. The van der Waals surface area contributed by atoms with E-state index in [-0.39, 0.29) is 35.3 Å². The van der Waals surface area contributed by atoms with Crippen LogP contribution >= 0.6 is 0 Å². The van der Waals surface area contributed by atoms with Gasteiger partial charge in [0.15, 0.2) is 11.5 Å². The molecule has 1 heterocycles. The number of hydrogen-bond donors (Lipinski definition) is 2. The van der Waals surface area contributed by atoms with E-state index in [0.29, 0.717) is 29.9 Å². The molecule has 184 valence electrons. The number of aromatic nitrogens is 2.